The predicted octanol–water partition coefficient (Wildman–Crippen LogP) is 2.39. The van der Waals surface area contributed by atoms with Crippen LogP contribution in [0.5, 0.6) is 0 Å². The van der Waals surface area contributed by atoms with Gasteiger partial charge in [-0.15, -0.1) is 0 Å². The largest absolute Gasteiger partial charge is 0.407 e. The highest BCUT2D eigenvalue weighted by Crippen LogP contribution is 2.30. The van der Waals surface area contributed by atoms with Crippen molar-refractivity contribution in [2.24, 2.45) is 5.73 Å². The number of hydrogen-bond donors (Lipinski definition) is 1. The van der Waals surface area contributed by atoms with E-state index in [9.17, 15) is 17.6 Å². The maximum Gasteiger partial charge on any atom is 0.407 e. The summed E-state index contributed by atoms with van der Waals surface area (Å²) in [4.78, 5) is 0. The maximum atomic E-state index is 12.5. The second kappa shape index (κ2) is 3.33. The van der Waals surface area contributed by atoms with E-state index in [1.54, 1.807) is 0 Å². The molecule has 0 amide bonds. The first-order valence-corrected chi connectivity index (χ1v) is 3.49. The minimum Gasteiger partial charge on any atom is -0.316 e. The van der Waals surface area contributed by atoms with Gasteiger partial charge in [-0.3, -0.25) is 0 Å². The molecular formula is C8H7F4N. The first kappa shape index (κ1) is 9.98. The molecule has 1 rings (SSSR count). The summed E-state index contributed by atoms with van der Waals surface area (Å²) in [5.41, 5.74) is 4.58. The first-order chi connectivity index (χ1) is 5.91. The maximum absolute atomic E-state index is 12.5. The minimum atomic E-state index is -4.53. The van der Waals surface area contributed by atoms with Crippen LogP contribution in [0, 0.1) is 5.82 Å². The number of rotatable bonds is 1. The molecule has 0 bridgehead atoms. The van der Waals surface area contributed by atoms with Gasteiger partial charge in [0.05, 0.1) is 0 Å². The SMILES string of the molecule is N[C@@H](c1cccc(F)c1)C(F)(F)F. The zero-order chi connectivity index (χ0) is 10.1. The summed E-state index contributed by atoms with van der Waals surface area (Å²) in [5, 5.41) is 0. The lowest BCUT2D eigenvalue weighted by Crippen LogP contribution is -2.28. The summed E-state index contributed by atoms with van der Waals surface area (Å²) in [5.74, 6) is -0.725. The molecule has 1 aromatic carbocycles. The zero-order valence-corrected chi connectivity index (χ0v) is 6.48. The molecule has 0 fully saturated rings. The summed E-state index contributed by atoms with van der Waals surface area (Å²) in [6.45, 7) is 0. The normalized spacial score (nSPS) is 14.2. The van der Waals surface area contributed by atoms with E-state index in [2.05, 4.69) is 0 Å². The van der Waals surface area contributed by atoms with Crippen molar-refractivity contribution in [3.05, 3.63) is 35.6 Å². The van der Waals surface area contributed by atoms with Gasteiger partial charge in [0.2, 0.25) is 0 Å². The summed E-state index contributed by atoms with van der Waals surface area (Å²) in [6, 6.07) is 2.05. The molecule has 0 unspecified atom stereocenters. The zero-order valence-electron chi connectivity index (χ0n) is 6.48. The van der Waals surface area contributed by atoms with Crippen molar-refractivity contribution in [3.8, 4) is 0 Å². The monoisotopic (exact) mass is 193 g/mol. The summed E-state index contributed by atoms with van der Waals surface area (Å²) < 4.78 is 48.6. The summed E-state index contributed by atoms with van der Waals surface area (Å²) >= 11 is 0. The Morgan fingerprint density at radius 3 is 2.31 bits per heavy atom. The summed E-state index contributed by atoms with van der Waals surface area (Å²) in [6.07, 6.45) is -4.53. The van der Waals surface area contributed by atoms with Crippen molar-refractivity contribution < 1.29 is 17.6 Å². The van der Waals surface area contributed by atoms with Crippen LogP contribution in [0.25, 0.3) is 0 Å². The van der Waals surface area contributed by atoms with Crippen LogP contribution in [0.2, 0.25) is 0 Å². The second-order valence-corrected chi connectivity index (χ2v) is 2.57. The lowest BCUT2D eigenvalue weighted by molar-refractivity contribution is -0.149. The topological polar surface area (TPSA) is 26.0 Å². The van der Waals surface area contributed by atoms with Crippen LogP contribution in [-0.2, 0) is 0 Å². The average molecular weight is 193 g/mol. The lowest BCUT2D eigenvalue weighted by Gasteiger charge is -2.15. The molecule has 0 heterocycles. The molecule has 13 heavy (non-hydrogen) atoms. The Kier molecular flexibility index (Phi) is 2.56. The van der Waals surface area contributed by atoms with Crippen molar-refractivity contribution >= 4 is 0 Å². The first-order valence-electron chi connectivity index (χ1n) is 3.49. The Hall–Kier alpha value is -1.10. The second-order valence-electron chi connectivity index (χ2n) is 2.57. The van der Waals surface area contributed by atoms with Gasteiger partial charge < -0.3 is 5.73 Å². The highest BCUT2D eigenvalue weighted by atomic mass is 19.4. The third-order valence-corrected chi connectivity index (χ3v) is 1.56. The van der Waals surface area contributed by atoms with E-state index in [0.29, 0.717) is 0 Å². The number of hydrogen-bond acceptors (Lipinski definition) is 1. The van der Waals surface area contributed by atoms with Crippen molar-refractivity contribution in [3.63, 3.8) is 0 Å². The van der Waals surface area contributed by atoms with Crippen LogP contribution >= 0.6 is 0 Å². The van der Waals surface area contributed by atoms with E-state index < -0.39 is 18.0 Å². The molecule has 0 aromatic heterocycles. The number of alkyl halides is 3. The van der Waals surface area contributed by atoms with Gasteiger partial charge >= 0.3 is 6.18 Å². The van der Waals surface area contributed by atoms with Gasteiger partial charge in [-0.2, -0.15) is 13.2 Å². The molecule has 0 aliphatic rings. The molecule has 1 nitrogen and oxygen atoms in total. The van der Waals surface area contributed by atoms with E-state index >= 15 is 0 Å². The van der Waals surface area contributed by atoms with Crippen LogP contribution in [-0.4, -0.2) is 6.18 Å². The van der Waals surface area contributed by atoms with Crippen LogP contribution in [0.4, 0.5) is 17.6 Å². The smallest absolute Gasteiger partial charge is 0.316 e. The Labute approximate surface area is 72.2 Å². The van der Waals surface area contributed by atoms with Crippen molar-refractivity contribution in [2.45, 2.75) is 12.2 Å². The molecule has 5 heteroatoms. The van der Waals surface area contributed by atoms with Gasteiger partial charge in [-0.05, 0) is 17.7 Å². The summed E-state index contributed by atoms with van der Waals surface area (Å²) in [7, 11) is 0. The highest BCUT2D eigenvalue weighted by molar-refractivity contribution is 5.20. The van der Waals surface area contributed by atoms with Crippen molar-refractivity contribution in [1.29, 1.82) is 0 Å². The molecule has 1 aromatic rings. The molecule has 72 valence electrons. The van der Waals surface area contributed by atoms with Crippen LogP contribution < -0.4 is 5.73 Å². The van der Waals surface area contributed by atoms with E-state index in [-0.39, 0.29) is 5.56 Å². The Bertz CT molecular complexity index is 294. The Morgan fingerprint density at radius 2 is 1.85 bits per heavy atom. The minimum absolute atomic E-state index is 0.271. The third-order valence-electron chi connectivity index (χ3n) is 1.56. The van der Waals surface area contributed by atoms with Crippen LogP contribution in [0.1, 0.15) is 11.6 Å². The van der Waals surface area contributed by atoms with Crippen molar-refractivity contribution in [2.75, 3.05) is 0 Å². The fourth-order valence-electron chi connectivity index (χ4n) is 0.889. The van der Waals surface area contributed by atoms with Crippen molar-refractivity contribution in [1.82, 2.24) is 0 Å². The molecule has 1 atom stereocenters. The third kappa shape index (κ3) is 2.42. The molecule has 0 saturated carbocycles. The lowest BCUT2D eigenvalue weighted by atomic mass is 10.1. The number of halogens is 4. The molecule has 0 saturated heterocycles. The molecule has 2 N–H and O–H groups in total. The molecule has 0 aliphatic heterocycles. The van der Waals surface area contributed by atoms with Crippen LogP contribution in [0.15, 0.2) is 24.3 Å². The number of nitrogens with two attached hydrogens (primary N) is 1. The van der Waals surface area contributed by atoms with E-state index in [1.807, 2.05) is 0 Å². The fraction of sp³-hybridized carbons (Fsp3) is 0.250. The highest BCUT2D eigenvalue weighted by Gasteiger charge is 2.37. The molecular weight excluding hydrogens is 186 g/mol. The molecule has 0 spiro atoms. The molecule has 0 radical (unpaired) electrons. The Balaban J connectivity index is 2.96. The van der Waals surface area contributed by atoms with Gasteiger partial charge in [0, 0.05) is 0 Å². The van der Waals surface area contributed by atoms with Gasteiger partial charge in [0.1, 0.15) is 11.9 Å². The van der Waals surface area contributed by atoms with E-state index in [1.165, 1.54) is 6.07 Å². The van der Waals surface area contributed by atoms with E-state index in [0.717, 1.165) is 18.2 Å². The fourth-order valence-corrected chi connectivity index (χ4v) is 0.889. The average Bonchev–Trinajstić information content (AvgIpc) is 2.01. The van der Waals surface area contributed by atoms with Crippen LogP contribution in [0.3, 0.4) is 0 Å². The Morgan fingerprint density at radius 1 is 1.23 bits per heavy atom. The van der Waals surface area contributed by atoms with Gasteiger partial charge in [-0.1, -0.05) is 12.1 Å². The molecule has 0 aliphatic carbocycles. The van der Waals surface area contributed by atoms with Gasteiger partial charge in [0.15, 0.2) is 0 Å². The van der Waals surface area contributed by atoms with Gasteiger partial charge in [0.25, 0.3) is 0 Å². The van der Waals surface area contributed by atoms with E-state index in [4.69, 9.17) is 5.73 Å². The predicted molar refractivity (Wildman–Crippen MR) is 39.4 cm³/mol. The quantitative estimate of drug-likeness (QED) is 0.681. The van der Waals surface area contributed by atoms with Gasteiger partial charge in [-0.25, -0.2) is 4.39 Å². The standard InChI is InChI=1S/C8H7F4N/c9-6-3-1-2-5(4-6)7(13)8(10,11)12/h1-4,7H,13H2/t7-/m0/s1. The number of benzene rings is 1.